The van der Waals surface area contributed by atoms with Crippen molar-refractivity contribution in [1.29, 1.82) is 0 Å². The largest absolute Gasteiger partial charge is 0.378 e. The van der Waals surface area contributed by atoms with Gasteiger partial charge in [-0.15, -0.1) is 11.3 Å². The van der Waals surface area contributed by atoms with E-state index in [-0.39, 0.29) is 5.82 Å². The highest BCUT2D eigenvalue weighted by molar-refractivity contribution is 9.10. The Kier molecular flexibility index (Phi) is 4.26. The van der Waals surface area contributed by atoms with Crippen LogP contribution < -0.4 is 5.32 Å². The molecule has 0 radical (unpaired) electrons. The fraction of sp³-hybridized carbons (Fsp3) is 0.0667. The lowest BCUT2D eigenvalue weighted by Gasteiger charge is -2.06. The smallest absolute Gasteiger partial charge is 0.142 e. The van der Waals surface area contributed by atoms with Crippen LogP contribution in [0.25, 0.3) is 10.7 Å². The molecule has 3 rings (SSSR count). The predicted octanol–water partition coefficient (Wildman–Crippen LogP) is 4.72. The summed E-state index contributed by atoms with van der Waals surface area (Å²) in [5, 5.41) is 6.12. The first-order valence-electron chi connectivity index (χ1n) is 6.27. The van der Waals surface area contributed by atoms with Gasteiger partial charge in [-0.1, -0.05) is 6.07 Å². The number of thiazole rings is 1. The van der Waals surface area contributed by atoms with E-state index in [0.29, 0.717) is 11.0 Å². The van der Waals surface area contributed by atoms with E-state index in [0.717, 1.165) is 22.1 Å². The van der Waals surface area contributed by atoms with E-state index in [2.05, 4.69) is 31.2 Å². The molecule has 0 saturated carbocycles. The van der Waals surface area contributed by atoms with Gasteiger partial charge in [-0.05, 0) is 46.3 Å². The van der Waals surface area contributed by atoms with Gasteiger partial charge in [0.1, 0.15) is 10.8 Å². The number of hydrogen-bond donors (Lipinski definition) is 1. The second-order valence-electron chi connectivity index (χ2n) is 4.34. The molecule has 0 aliphatic heterocycles. The van der Waals surface area contributed by atoms with Gasteiger partial charge < -0.3 is 5.32 Å². The standard InChI is InChI=1S/C15H11BrFN3S/c16-12-7-10(17)4-5-13(12)19-8-11-9-21-15(20-11)14-3-1-2-6-18-14/h1-7,9,19H,8H2. The van der Waals surface area contributed by atoms with Crippen molar-refractivity contribution >= 4 is 33.0 Å². The van der Waals surface area contributed by atoms with Crippen molar-refractivity contribution in [3.05, 3.63) is 64.0 Å². The van der Waals surface area contributed by atoms with Crippen LogP contribution in [0.15, 0.2) is 52.4 Å². The minimum Gasteiger partial charge on any atom is -0.378 e. The molecule has 0 unspecified atom stereocenters. The third kappa shape index (κ3) is 3.46. The van der Waals surface area contributed by atoms with E-state index < -0.39 is 0 Å². The molecule has 0 fully saturated rings. The van der Waals surface area contributed by atoms with Gasteiger partial charge >= 0.3 is 0 Å². The molecule has 1 N–H and O–H groups in total. The van der Waals surface area contributed by atoms with Gasteiger partial charge in [0.15, 0.2) is 0 Å². The van der Waals surface area contributed by atoms with Crippen molar-refractivity contribution in [2.24, 2.45) is 0 Å². The monoisotopic (exact) mass is 363 g/mol. The zero-order valence-corrected chi connectivity index (χ0v) is 13.3. The average Bonchev–Trinajstić information content (AvgIpc) is 2.96. The number of pyridine rings is 1. The summed E-state index contributed by atoms with van der Waals surface area (Å²) in [5.74, 6) is -0.265. The summed E-state index contributed by atoms with van der Waals surface area (Å²) in [5.41, 5.74) is 2.64. The Morgan fingerprint density at radius 1 is 1.24 bits per heavy atom. The van der Waals surface area contributed by atoms with Gasteiger partial charge in [0.05, 0.1) is 17.9 Å². The van der Waals surface area contributed by atoms with Crippen molar-refractivity contribution in [2.45, 2.75) is 6.54 Å². The van der Waals surface area contributed by atoms with Crippen molar-refractivity contribution in [1.82, 2.24) is 9.97 Å². The topological polar surface area (TPSA) is 37.8 Å². The summed E-state index contributed by atoms with van der Waals surface area (Å²) in [7, 11) is 0. The summed E-state index contributed by atoms with van der Waals surface area (Å²) in [4.78, 5) is 8.83. The first kappa shape index (κ1) is 14.2. The molecule has 0 bridgehead atoms. The fourth-order valence-corrected chi connectivity index (χ4v) is 3.10. The SMILES string of the molecule is Fc1ccc(NCc2csc(-c3ccccn3)n2)c(Br)c1. The number of anilines is 1. The average molecular weight is 364 g/mol. The molecule has 1 aromatic carbocycles. The van der Waals surface area contributed by atoms with Crippen LogP contribution >= 0.6 is 27.3 Å². The predicted molar refractivity (Wildman–Crippen MR) is 86.8 cm³/mol. The number of aromatic nitrogens is 2. The summed E-state index contributed by atoms with van der Waals surface area (Å²) in [6, 6.07) is 10.3. The lowest BCUT2D eigenvalue weighted by atomic mass is 10.3. The lowest BCUT2D eigenvalue weighted by molar-refractivity contribution is 0.627. The molecule has 0 aliphatic rings. The van der Waals surface area contributed by atoms with Crippen LogP contribution in [0, 0.1) is 5.82 Å². The molecular weight excluding hydrogens is 353 g/mol. The normalized spacial score (nSPS) is 10.6. The van der Waals surface area contributed by atoms with Gasteiger partial charge in [-0.2, -0.15) is 0 Å². The number of rotatable bonds is 4. The maximum Gasteiger partial charge on any atom is 0.142 e. The van der Waals surface area contributed by atoms with E-state index in [9.17, 15) is 4.39 Å². The molecule has 21 heavy (non-hydrogen) atoms. The molecule has 0 atom stereocenters. The highest BCUT2D eigenvalue weighted by atomic mass is 79.9. The van der Waals surface area contributed by atoms with Crippen LogP contribution in [0.5, 0.6) is 0 Å². The molecule has 2 aromatic heterocycles. The minimum atomic E-state index is -0.265. The molecule has 106 valence electrons. The lowest BCUT2D eigenvalue weighted by Crippen LogP contribution is -2.00. The van der Waals surface area contributed by atoms with E-state index in [4.69, 9.17) is 0 Å². The van der Waals surface area contributed by atoms with Crippen LogP contribution in [0.4, 0.5) is 10.1 Å². The quantitative estimate of drug-likeness (QED) is 0.728. The molecule has 0 spiro atoms. The fourth-order valence-electron chi connectivity index (χ4n) is 1.81. The number of nitrogens with zero attached hydrogens (tertiary/aromatic N) is 2. The van der Waals surface area contributed by atoms with Gasteiger partial charge in [0.2, 0.25) is 0 Å². The summed E-state index contributed by atoms with van der Waals surface area (Å²) in [6.45, 7) is 0.577. The second kappa shape index (κ2) is 6.32. The Balaban J connectivity index is 1.70. The van der Waals surface area contributed by atoms with Crippen LogP contribution in [-0.2, 0) is 6.54 Å². The third-order valence-corrected chi connectivity index (χ3v) is 4.40. The number of nitrogens with one attached hydrogen (secondary N) is 1. The van der Waals surface area contributed by atoms with E-state index >= 15 is 0 Å². The third-order valence-electron chi connectivity index (χ3n) is 2.83. The molecule has 0 amide bonds. The molecular formula is C15H11BrFN3S. The molecule has 0 saturated heterocycles. The summed E-state index contributed by atoms with van der Waals surface area (Å²) < 4.78 is 13.7. The highest BCUT2D eigenvalue weighted by Crippen LogP contribution is 2.25. The van der Waals surface area contributed by atoms with Gasteiger partial charge in [0, 0.05) is 21.7 Å². The Bertz CT molecular complexity index is 746. The van der Waals surface area contributed by atoms with E-state index in [1.807, 2.05) is 23.6 Å². The first-order valence-corrected chi connectivity index (χ1v) is 7.94. The molecule has 6 heteroatoms. The summed E-state index contributed by atoms with van der Waals surface area (Å²) >= 11 is 4.89. The number of benzene rings is 1. The minimum absolute atomic E-state index is 0.265. The van der Waals surface area contributed by atoms with E-state index in [1.165, 1.54) is 12.1 Å². The van der Waals surface area contributed by atoms with Gasteiger partial charge in [0.25, 0.3) is 0 Å². The maximum atomic E-state index is 13.0. The second-order valence-corrected chi connectivity index (χ2v) is 6.05. The van der Waals surface area contributed by atoms with Crippen LogP contribution in [0.1, 0.15) is 5.69 Å². The van der Waals surface area contributed by atoms with Crippen molar-refractivity contribution in [2.75, 3.05) is 5.32 Å². The Hall–Kier alpha value is -1.79. The van der Waals surface area contributed by atoms with Crippen molar-refractivity contribution in [3.8, 4) is 10.7 Å². The Labute approximate surface area is 134 Å². The first-order chi connectivity index (χ1) is 10.2. The molecule has 3 aromatic rings. The Morgan fingerprint density at radius 3 is 2.90 bits per heavy atom. The van der Waals surface area contributed by atoms with Crippen LogP contribution in [0.2, 0.25) is 0 Å². The molecule has 3 nitrogen and oxygen atoms in total. The molecule has 0 aliphatic carbocycles. The molecule has 2 heterocycles. The van der Waals surface area contributed by atoms with Crippen LogP contribution in [-0.4, -0.2) is 9.97 Å². The van der Waals surface area contributed by atoms with Crippen molar-refractivity contribution < 1.29 is 4.39 Å². The zero-order chi connectivity index (χ0) is 14.7. The number of halogens is 2. The highest BCUT2D eigenvalue weighted by Gasteiger charge is 2.06. The van der Waals surface area contributed by atoms with Crippen molar-refractivity contribution in [3.63, 3.8) is 0 Å². The van der Waals surface area contributed by atoms with E-state index in [1.54, 1.807) is 23.6 Å². The van der Waals surface area contributed by atoms with Crippen LogP contribution in [0.3, 0.4) is 0 Å². The zero-order valence-electron chi connectivity index (χ0n) is 10.9. The Morgan fingerprint density at radius 2 is 2.14 bits per heavy atom. The number of hydrogen-bond acceptors (Lipinski definition) is 4. The van der Waals surface area contributed by atoms with Gasteiger partial charge in [-0.3, -0.25) is 4.98 Å². The maximum absolute atomic E-state index is 13.0. The van der Waals surface area contributed by atoms with Gasteiger partial charge in [-0.25, -0.2) is 9.37 Å². The summed E-state index contributed by atoms with van der Waals surface area (Å²) in [6.07, 6.45) is 1.75.